The number of nitrogens with zero attached hydrogens (tertiary/aromatic N) is 2. The molecule has 1 atom stereocenters. The summed E-state index contributed by atoms with van der Waals surface area (Å²) in [6, 6.07) is 2.52. The predicted octanol–water partition coefficient (Wildman–Crippen LogP) is -0.463. The number of hydrogen-bond donors (Lipinski definition) is 2. The Morgan fingerprint density at radius 2 is 1.93 bits per heavy atom. The maximum absolute atomic E-state index is 9.34. The summed E-state index contributed by atoms with van der Waals surface area (Å²) in [5.74, 6) is 0. The van der Waals surface area contributed by atoms with E-state index in [4.69, 9.17) is 0 Å². The highest BCUT2D eigenvalue weighted by Gasteiger charge is 2.38. The van der Waals surface area contributed by atoms with Crippen LogP contribution in [0.1, 0.15) is 12.8 Å². The molecule has 0 aromatic carbocycles. The van der Waals surface area contributed by atoms with Gasteiger partial charge in [-0.3, -0.25) is 4.90 Å². The fraction of sp³-hybridized carbons (Fsp3) is 0.900. The molecule has 2 aliphatic rings. The van der Waals surface area contributed by atoms with Crippen molar-refractivity contribution < 1.29 is 0 Å². The summed E-state index contributed by atoms with van der Waals surface area (Å²) < 4.78 is 0. The van der Waals surface area contributed by atoms with Gasteiger partial charge in [0.05, 0.1) is 6.07 Å². The third kappa shape index (κ3) is 1.76. The van der Waals surface area contributed by atoms with E-state index in [1.165, 1.54) is 0 Å². The van der Waals surface area contributed by atoms with Crippen molar-refractivity contribution in [2.75, 3.05) is 39.3 Å². The van der Waals surface area contributed by atoms with Gasteiger partial charge in [0.25, 0.3) is 0 Å². The molecular weight excluding hydrogens is 176 g/mol. The van der Waals surface area contributed by atoms with Gasteiger partial charge in [0.1, 0.15) is 5.54 Å². The quantitative estimate of drug-likeness (QED) is 0.593. The van der Waals surface area contributed by atoms with Crippen LogP contribution in [0.15, 0.2) is 0 Å². The summed E-state index contributed by atoms with van der Waals surface area (Å²) in [5, 5.41) is 16.0. The van der Waals surface area contributed by atoms with Crippen LogP contribution in [0, 0.1) is 11.3 Å². The number of piperidine rings is 1. The lowest BCUT2D eigenvalue weighted by molar-refractivity contribution is 0.0946. The van der Waals surface area contributed by atoms with Crippen LogP contribution in [0.4, 0.5) is 0 Å². The van der Waals surface area contributed by atoms with Crippen molar-refractivity contribution in [1.29, 1.82) is 5.26 Å². The summed E-state index contributed by atoms with van der Waals surface area (Å²) in [4.78, 5) is 2.34. The van der Waals surface area contributed by atoms with Gasteiger partial charge in [-0.25, -0.2) is 0 Å². The second-order valence-electron chi connectivity index (χ2n) is 4.16. The van der Waals surface area contributed by atoms with Crippen molar-refractivity contribution in [1.82, 2.24) is 15.5 Å². The summed E-state index contributed by atoms with van der Waals surface area (Å²) in [6.07, 6.45) is 2.15. The minimum atomic E-state index is -0.222. The molecule has 0 saturated carbocycles. The highest BCUT2D eigenvalue weighted by molar-refractivity contribution is 5.12. The molecular formula is C10H18N4. The largest absolute Gasteiger partial charge is 0.314 e. The molecule has 4 nitrogen and oxygen atoms in total. The lowest BCUT2D eigenvalue weighted by atomic mass is 9.89. The Bertz CT molecular complexity index is 221. The lowest BCUT2D eigenvalue weighted by Gasteiger charge is -2.43. The molecule has 78 valence electrons. The maximum atomic E-state index is 9.34. The average Bonchev–Trinajstić information content (AvgIpc) is 2.31. The number of rotatable bonds is 1. The van der Waals surface area contributed by atoms with E-state index in [2.05, 4.69) is 21.6 Å². The molecule has 0 radical (unpaired) electrons. The van der Waals surface area contributed by atoms with Crippen LogP contribution >= 0.6 is 0 Å². The van der Waals surface area contributed by atoms with Crippen molar-refractivity contribution in [3.63, 3.8) is 0 Å². The van der Waals surface area contributed by atoms with E-state index in [1.807, 2.05) is 0 Å². The number of nitrogens with one attached hydrogen (secondary N) is 2. The summed E-state index contributed by atoms with van der Waals surface area (Å²) in [6.45, 7) is 5.95. The second-order valence-corrected chi connectivity index (χ2v) is 4.16. The van der Waals surface area contributed by atoms with E-state index >= 15 is 0 Å². The Kier molecular flexibility index (Phi) is 3.02. The molecule has 0 aliphatic carbocycles. The first-order valence-electron chi connectivity index (χ1n) is 5.45. The van der Waals surface area contributed by atoms with Gasteiger partial charge in [0, 0.05) is 32.7 Å². The van der Waals surface area contributed by atoms with Crippen LogP contribution in [-0.4, -0.2) is 49.7 Å². The minimum Gasteiger partial charge on any atom is -0.314 e. The molecule has 2 fully saturated rings. The van der Waals surface area contributed by atoms with Crippen LogP contribution < -0.4 is 10.6 Å². The summed E-state index contributed by atoms with van der Waals surface area (Å²) in [5.41, 5.74) is -0.222. The van der Waals surface area contributed by atoms with E-state index in [1.54, 1.807) is 0 Å². The van der Waals surface area contributed by atoms with E-state index in [9.17, 15) is 5.26 Å². The van der Waals surface area contributed by atoms with Crippen LogP contribution in [0.2, 0.25) is 0 Å². The molecule has 14 heavy (non-hydrogen) atoms. The van der Waals surface area contributed by atoms with Gasteiger partial charge in [-0.2, -0.15) is 5.26 Å². The molecule has 2 rings (SSSR count). The second kappa shape index (κ2) is 4.26. The molecule has 2 N–H and O–H groups in total. The maximum Gasteiger partial charge on any atom is 0.121 e. The zero-order valence-electron chi connectivity index (χ0n) is 8.55. The van der Waals surface area contributed by atoms with Gasteiger partial charge in [-0.15, -0.1) is 0 Å². The normalized spacial score (nSPS) is 35.1. The van der Waals surface area contributed by atoms with Gasteiger partial charge in [0.2, 0.25) is 0 Å². The molecule has 1 unspecified atom stereocenters. The standard InChI is InChI=1S/C10H18N4/c11-8-10(2-1-3-13-9-10)14-6-4-12-5-7-14/h12-13H,1-7,9H2. The SMILES string of the molecule is N#CC1(N2CCNCC2)CCCNC1. The zero-order valence-corrected chi connectivity index (χ0v) is 8.55. The highest BCUT2D eigenvalue weighted by atomic mass is 15.3. The number of hydrogen-bond acceptors (Lipinski definition) is 4. The number of piperazine rings is 1. The highest BCUT2D eigenvalue weighted by Crippen LogP contribution is 2.23. The molecule has 2 heterocycles. The minimum absolute atomic E-state index is 0.222. The van der Waals surface area contributed by atoms with E-state index in [0.29, 0.717) is 0 Å². The van der Waals surface area contributed by atoms with Crippen molar-refractivity contribution in [3.05, 3.63) is 0 Å². The van der Waals surface area contributed by atoms with Gasteiger partial charge in [-0.1, -0.05) is 0 Å². The van der Waals surface area contributed by atoms with Gasteiger partial charge in [-0.05, 0) is 19.4 Å². The van der Waals surface area contributed by atoms with Crippen molar-refractivity contribution in [2.24, 2.45) is 0 Å². The molecule has 0 bridgehead atoms. The molecule has 0 aromatic rings. The Hall–Kier alpha value is -0.630. The molecule has 0 aromatic heterocycles. The first-order valence-corrected chi connectivity index (χ1v) is 5.45. The van der Waals surface area contributed by atoms with Crippen LogP contribution in [-0.2, 0) is 0 Å². The average molecular weight is 194 g/mol. The monoisotopic (exact) mass is 194 g/mol. The lowest BCUT2D eigenvalue weighted by Crippen LogP contribution is -2.61. The van der Waals surface area contributed by atoms with Crippen molar-refractivity contribution >= 4 is 0 Å². The van der Waals surface area contributed by atoms with E-state index in [0.717, 1.165) is 52.1 Å². The topological polar surface area (TPSA) is 51.1 Å². The first-order chi connectivity index (χ1) is 6.87. The number of nitriles is 1. The van der Waals surface area contributed by atoms with Gasteiger partial charge in [0.15, 0.2) is 0 Å². The van der Waals surface area contributed by atoms with Gasteiger partial charge < -0.3 is 10.6 Å². The third-order valence-corrected chi connectivity index (χ3v) is 3.29. The predicted molar refractivity (Wildman–Crippen MR) is 54.9 cm³/mol. The zero-order chi connectivity index (χ0) is 9.86. The van der Waals surface area contributed by atoms with Crippen LogP contribution in [0.25, 0.3) is 0 Å². The van der Waals surface area contributed by atoms with Crippen LogP contribution in [0.5, 0.6) is 0 Å². The van der Waals surface area contributed by atoms with Gasteiger partial charge >= 0.3 is 0 Å². The molecule has 0 amide bonds. The third-order valence-electron chi connectivity index (χ3n) is 3.29. The Balaban J connectivity index is 2.06. The fourth-order valence-electron chi connectivity index (χ4n) is 2.42. The molecule has 4 heteroatoms. The van der Waals surface area contributed by atoms with Crippen LogP contribution in [0.3, 0.4) is 0 Å². The summed E-state index contributed by atoms with van der Waals surface area (Å²) >= 11 is 0. The smallest absolute Gasteiger partial charge is 0.121 e. The van der Waals surface area contributed by atoms with Crippen molar-refractivity contribution in [2.45, 2.75) is 18.4 Å². The Morgan fingerprint density at radius 3 is 2.50 bits per heavy atom. The molecule has 2 aliphatic heterocycles. The Labute approximate surface area is 85.3 Å². The van der Waals surface area contributed by atoms with E-state index < -0.39 is 0 Å². The van der Waals surface area contributed by atoms with E-state index in [-0.39, 0.29) is 5.54 Å². The summed E-state index contributed by atoms with van der Waals surface area (Å²) in [7, 11) is 0. The molecule has 0 spiro atoms. The fourth-order valence-corrected chi connectivity index (χ4v) is 2.42. The van der Waals surface area contributed by atoms with Crippen molar-refractivity contribution in [3.8, 4) is 6.07 Å². The first kappa shape index (κ1) is 9.91. The Morgan fingerprint density at radius 1 is 1.14 bits per heavy atom. The molecule has 2 saturated heterocycles.